The number of aliphatic imine (C=N–C) groups is 1. The van der Waals surface area contributed by atoms with E-state index in [4.69, 9.17) is 23.9 Å². The van der Waals surface area contributed by atoms with Gasteiger partial charge in [0, 0.05) is 12.1 Å². The first kappa shape index (κ1) is 29.0. The zero-order valence-corrected chi connectivity index (χ0v) is 24.1. The number of esters is 1. The number of hydrogen-bond donors (Lipinski definition) is 1. The molecule has 11 heteroatoms. The van der Waals surface area contributed by atoms with Crippen molar-refractivity contribution in [1.82, 2.24) is 4.90 Å². The zero-order chi connectivity index (χ0) is 29.5. The molecule has 0 saturated carbocycles. The lowest BCUT2D eigenvalue weighted by molar-refractivity contribution is -0.129. The molecule has 2 heterocycles. The molecule has 218 valence electrons. The third kappa shape index (κ3) is 7.03. The average molecular weight is 590 g/mol. The predicted octanol–water partition coefficient (Wildman–Crippen LogP) is 5.54. The summed E-state index contributed by atoms with van der Waals surface area (Å²) in [7, 11) is 0. The van der Waals surface area contributed by atoms with Gasteiger partial charge in [-0.1, -0.05) is 24.8 Å². The average Bonchev–Trinajstić information content (AvgIpc) is 3.47. The van der Waals surface area contributed by atoms with Crippen LogP contribution in [0.25, 0.3) is 0 Å². The highest BCUT2D eigenvalue weighted by atomic mass is 32.2. The second-order valence-corrected chi connectivity index (χ2v) is 10.7. The maximum Gasteiger partial charge on any atom is 0.338 e. The van der Waals surface area contributed by atoms with Gasteiger partial charge in [0.15, 0.2) is 16.7 Å². The Balaban J connectivity index is 1.36. The molecule has 0 aliphatic carbocycles. The largest absolute Gasteiger partial charge is 0.494 e. The van der Waals surface area contributed by atoms with Crippen LogP contribution in [0.5, 0.6) is 17.2 Å². The minimum absolute atomic E-state index is 0.000434. The van der Waals surface area contributed by atoms with Gasteiger partial charge in [0.2, 0.25) is 18.6 Å². The number of hydrogen-bond acceptors (Lipinski definition) is 9. The Hall–Kier alpha value is -4.51. The maximum absolute atomic E-state index is 13.5. The minimum atomic E-state index is -0.695. The number of benzene rings is 3. The summed E-state index contributed by atoms with van der Waals surface area (Å²) in [6, 6.07) is 19.2. The van der Waals surface area contributed by atoms with Gasteiger partial charge >= 0.3 is 5.97 Å². The summed E-state index contributed by atoms with van der Waals surface area (Å²) in [5.74, 6) is 1.02. The lowest BCUT2D eigenvalue weighted by Crippen LogP contribution is -2.44. The number of ether oxygens (including phenoxy) is 4. The Kier molecular flexibility index (Phi) is 9.28. The Morgan fingerprint density at radius 2 is 1.79 bits per heavy atom. The normalized spacial score (nSPS) is 16.8. The van der Waals surface area contributed by atoms with Gasteiger partial charge in [0.05, 0.1) is 31.0 Å². The molecule has 0 radical (unpaired) electrons. The third-order valence-corrected chi connectivity index (χ3v) is 7.60. The van der Waals surface area contributed by atoms with E-state index in [1.165, 1.54) is 11.8 Å². The van der Waals surface area contributed by atoms with Crippen LogP contribution in [0.4, 0.5) is 11.4 Å². The van der Waals surface area contributed by atoms with Crippen molar-refractivity contribution in [2.75, 3.05) is 25.3 Å². The molecule has 2 aliphatic rings. The number of anilines is 1. The minimum Gasteiger partial charge on any atom is -0.494 e. The van der Waals surface area contributed by atoms with E-state index in [0.717, 1.165) is 17.7 Å². The summed E-state index contributed by atoms with van der Waals surface area (Å²) in [5, 5.41) is 2.58. The number of carbonyl (C=O) groups is 3. The molecule has 1 atom stereocenters. The molecule has 0 aromatic heterocycles. The molecule has 3 aromatic carbocycles. The molecule has 42 heavy (non-hydrogen) atoms. The van der Waals surface area contributed by atoms with Crippen LogP contribution in [-0.2, 0) is 20.9 Å². The summed E-state index contributed by atoms with van der Waals surface area (Å²) in [4.78, 5) is 45.1. The van der Waals surface area contributed by atoms with Crippen molar-refractivity contribution in [3.63, 3.8) is 0 Å². The van der Waals surface area contributed by atoms with Gasteiger partial charge in [-0.2, -0.15) is 0 Å². The molecule has 1 fully saturated rings. The van der Waals surface area contributed by atoms with Gasteiger partial charge in [0.1, 0.15) is 11.0 Å². The van der Waals surface area contributed by atoms with Crippen molar-refractivity contribution < 1.29 is 33.3 Å². The van der Waals surface area contributed by atoms with E-state index >= 15 is 0 Å². The van der Waals surface area contributed by atoms with Gasteiger partial charge < -0.3 is 24.3 Å². The van der Waals surface area contributed by atoms with Crippen molar-refractivity contribution in [1.29, 1.82) is 0 Å². The molecule has 0 spiro atoms. The lowest BCUT2D eigenvalue weighted by atomic mass is 10.1. The summed E-state index contributed by atoms with van der Waals surface area (Å²) in [6.45, 7) is 5.05. The number of nitrogens with one attached hydrogen (secondary N) is 1. The first-order chi connectivity index (χ1) is 20.4. The summed E-state index contributed by atoms with van der Waals surface area (Å²) >= 11 is 1.21. The number of thioether (sulfide) groups is 1. The molecule has 1 saturated heterocycles. The molecule has 1 N–H and O–H groups in total. The quantitative estimate of drug-likeness (QED) is 0.307. The van der Waals surface area contributed by atoms with E-state index in [9.17, 15) is 14.4 Å². The Morgan fingerprint density at radius 1 is 1.02 bits per heavy atom. The molecular formula is C31H31N3O7S. The first-order valence-corrected chi connectivity index (χ1v) is 14.6. The van der Waals surface area contributed by atoms with Crippen LogP contribution < -0.4 is 19.5 Å². The van der Waals surface area contributed by atoms with Crippen LogP contribution in [0.1, 0.15) is 42.6 Å². The first-order valence-electron chi connectivity index (χ1n) is 13.7. The molecule has 0 bridgehead atoms. The van der Waals surface area contributed by atoms with Crippen LogP contribution >= 0.6 is 11.8 Å². The number of rotatable bonds is 10. The highest BCUT2D eigenvalue weighted by Gasteiger charge is 2.36. The Labute approximate surface area is 248 Å². The van der Waals surface area contributed by atoms with Crippen molar-refractivity contribution in [3.8, 4) is 17.2 Å². The highest BCUT2D eigenvalue weighted by molar-refractivity contribution is 8.15. The number of amides is 2. The van der Waals surface area contributed by atoms with Crippen molar-refractivity contribution in [2.45, 2.75) is 38.5 Å². The summed E-state index contributed by atoms with van der Waals surface area (Å²) < 4.78 is 21.6. The van der Waals surface area contributed by atoms with Gasteiger partial charge in [-0.05, 0) is 79.6 Å². The van der Waals surface area contributed by atoms with E-state index < -0.39 is 11.2 Å². The predicted molar refractivity (Wildman–Crippen MR) is 159 cm³/mol. The van der Waals surface area contributed by atoms with Gasteiger partial charge in [0.25, 0.3) is 0 Å². The molecule has 2 amide bonds. The third-order valence-electron chi connectivity index (χ3n) is 6.41. The van der Waals surface area contributed by atoms with Crippen LogP contribution in [0.2, 0.25) is 0 Å². The molecule has 1 unspecified atom stereocenters. The van der Waals surface area contributed by atoms with Crippen molar-refractivity contribution in [3.05, 3.63) is 77.9 Å². The second kappa shape index (κ2) is 13.4. The maximum atomic E-state index is 13.5. The fourth-order valence-electron chi connectivity index (χ4n) is 4.29. The monoisotopic (exact) mass is 589 g/mol. The van der Waals surface area contributed by atoms with Gasteiger partial charge in [-0.3, -0.25) is 14.5 Å². The highest BCUT2D eigenvalue weighted by Crippen LogP contribution is 2.35. The van der Waals surface area contributed by atoms with E-state index in [-0.39, 0.29) is 38.2 Å². The molecule has 5 rings (SSSR count). The molecule has 10 nitrogen and oxygen atoms in total. The van der Waals surface area contributed by atoms with E-state index in [1.807, 2.05) is 19.1 Å². The van der Waals surface area contributed by atoms with Crippen molar-refractivity contribution >= 4 is 46.1 Å². The Morgan fingerprint density at radius 3 is 2.52 bits per heavy atom. The standard InChI is InChI=1S/C31H31N3O7S/c1-3-15-39-24-12-10-22(11-13-24)32-29(36)27-17-28(35)34(18-20-5-14-25-26(16-20)41-19-40-25)31(42-27)33-23-8-6-21(7-9-23)30(37)38-4-2/h5-14,16,27H,3-4,15,17-19H2,1-2H3,(H,32,36). The van der Waals surface area contributed by atoms with Gasteiger partial charge in [-0.15, -0.1) is 0 Å². The van der Waals surface area contributed by atoms with E-state index in [2.05, 4.69) is 5.32 Å². The molecule has 2 aliphatic heterocycles. The molecular weight excluding hydrogens is 558 g/mol. The Bertz CT molecular complexity index is 1470. The molecule has 3 aromatic rings. The lowest BCUT2D eigenvalue weighted by Gasteiger charge is -2.32. The smallest absolute Gasteiger partial charge is 0.338 e. The fraction of sp³-hybridized carbons (Fsp3) is 0.290. The van der Waals surface area contributed by atoms with Gasteiger partial charge in [-0.25, -0.2) is 9.79 Å². The second-order valence-electron chi connectivity index (χ2n) is 9.50. The van der Waals surface area contributed by atoms with Crippen molar-refractivity contribution in [2.24, 2.45) is 4.99 Å². The summed E-state index contributed by atoms with van der Waals surface area (Å²) in [6.07, 6.45) is 0.899. The van der Waals surface area contributed by atoms with Crippen LogP contribution in [-0.4, -0.2) is 53.1 Å². The number of carbonyl (C=O) groups excluding carboxylic acids is 3. The number of nitrogens with zero attached hydrogens (tertiary/aromatic N) is 2. The topological polar surface area (TPSA) is 116 Å². The van der Waals surface area contributed by atoms with E-state index in [1.54, 1.807) is 66.4 Å². The van der Waals surface area contributed by atoms with E-state index in [0.29, 0.717) is 40.2 Å². The zero-order valence-electron chi connectivity index (χ0n) is 23.3. The fourth-order valence-corrected chi connectivity index (χ4v) is 5.39. The van der Waals surface area contributed by atoms with Crippen LogP contribution in [0.15, 0.2) is 71.7 Å². The summed E-state index contributed by atoms with van der Waals surface area (Å²) in [5.41, 5.74) is 2.35. The van der Waals surface area contributed by atoms with Crippen LogP contribution in [0, 0.1) is 0 Å². The van der Waals surface area contributed by atoms with Crippen LogP contribution in [0.3, 0.4) is 0 Å². The SMILES string of the molecule is CCCOc1ccc(NC(=O)C2CC(=O)N(Cc3ccc4c(c3)OCO4)C(=Nc3ccc(C(=O)OCC)cc3)S2)cc1. The number of fused-ring (bicyclic) bond motifs is 1. The number of amidine groups is 1.